The van der Waals surface area contributed by atoms with Crippen LogP contribution in [0.3, 0.4) is 0 Å². The van der Waals surface area contributed by atoms with E-state index >= 15 is 0 Å². The molecule has 1 aromatic carbocycles. The number of imidazole rings is 1. The monoisotopic (exact) mass is 331 g/mol. The summed E-state index contributed by atoms with van der Waals surface area (Å²) < 4.78 is 13.0. The van der Waals surface area contributed by atoms with Gasteiger partial charge in [-0.25, -0.2) is 9.78 Å². The molecule has 0 bridgehead atoms. The number of rotatable bonds is 6. The Kier molecular flexibility index (Phi) is 5.84. The lowest BCUT2D eigenvalue weighted by molar-refractivity contribution is 0.0520. The molecule has 0 saturated heterocycles. The number of carbonyl (C=O) groups excluding carboxylic acids is 1. The molecule has 130 valence electrons. The summed E-state index contributed by atoms with van der Waals surface area (Å²) in [7, 11) is 0. The van der Waals surface area contributed by atoms with E-state index in [1.54, 1.807) is 12.5 Å². The fourth-order valence-corrected chi connectivity index (χ4v) is 2.19. The number of aromatic nitrogens is 2. The predicted octanol–water partition coefficient (Wildman–Crippen LogP) is 3.14. The van der Waals surface area contributed by atoms with Gasteiger partial charge in [-0.2, -0.15) is 0 Å². The summed E-state index contributed by atoms with van der Waals surface area (Å²) in [6.45, 7) is 9.05. The Morgan fingerprint density at radius 2 is 2.12 bits per heavy atom. The van der Waals surface area contributed by atoms with Gasteiger partial charge < -0.3 is 19.4 Å². The van der Waals surface area contributed by atoms with Crippen molar-refractivity contribution in [2.24, 2.45) is 0 Å². The highest BCUT2D eigenvalue weighted by molar-refractivity contribution is 5.67. The molecule has 1 amide bonds. The Bertz CT molecular complexity index is 661. The number of alkyl carbamates (subject to hydrolysis) is 1. The number of carbonyl (C=O) groups is 1. The van der Waals surface area contributed by atoms with Gasteiger partial charge in [0, 0.05) is 18.9 Å². The number of ether oxygens (including phenoxy) is 2. The fourth-order valence-electron chi connectivity index (χ4n) is 2.19. The molecule has 0 aliphatic carbocycles. The molecule has 0 unspecified atom stereocenters. The molecule has 0 aliphatic rings. The molecular formula is C18H25N3O3. The molecule has 1 aromatic heterocycles. The zero-order valence-electron chi connectivity index (χ0n) is 14.7. The maximum absolute atomic E-state index is 11.6. The van der Waals surface area contributed by atoms with Crippen LogP contribution in [0, 0.1) is 6.92 Å². The van der Waals surface area contributed by atoms with Crippen molar-refractivity contribution in [1.29, 1.82) is 0 Å². The van der Waals surface area contributed by atoms with E-state index in [2.05, 4.69) is 16.4 Å². The zero-order valence-corrected chi connectivity index (χ0v) is 14.7. The van der Waals surface area contributed by atoms with Crippen LogP contribution in [0.15, 0.2) is 36.9 Å². The molecule has 1 N–H and O–H groups in total. The van der Waals surface area contributed by atoms with Crippen molar-refractivity contribution in [1.82, 2.24) is 14.9 Å². The molecule has 2 rings (SSSR count). The first-order chi connectivity index (χ1) is 11.3. The topological polar surface area (TPSA) is 65.4 Å². The molecule has 24 heavy (non-hydrogen) atoms. The third kappa shape index (κ3) is 5.61. The minimum absolute atomic E-state index is 0.384. The van der Waals surface area contributed by atoms with Gasteiger partial charge in [0.2, 0.25) is 0 Å². The van der Waals surface area contributed by atoms with Gasteiger partial charge in [-0.3, -0.25) is 0 Å². The molecule has 0 aliphatic heterocycles. The molecule has 0 fully saturated rings. The van der Waals surface area contributed by atoms with E-state index < -0.39 is 11.7 Å². The first kappa shape index (κ1) is 17.8. The Morgan fingerprint density at radius 3 is 2.79 bits per heavy atom. The smallest absolute Gasteiger partial charge is 0.407 e. The fraction of sp³-hybridized carbons (Fsp3) is 0.444. The second-order valence-corrected chi connectivity index (χ2v) is 6.55. The van der Waals surface area contributed by atoms with Crippen molar-refractivity contribution < 1.29 is 14.3 Å². The van der Waals surface area contributed by atoms with Crippen LogP contribution in [0.25, 0.3) is 0 Å². The van der Waals surface area contributed by atoms with E-state index in [0.29, 0.717) is 13.2 Å². The van der Waals surface area contributed by atoms with E-state index in [1.807, 2.05) is 50.6 Å². The highest BCUT2D eigenvalue weighted by Gasteiger charge is 2.15. The first-order valence-electron chi connectivity index (χ1n) is 7.99. The maximum atomic E-state index is 11.6. The number of hydrogen-bond acceptors (Lipinski definition) is 4. The molecular weight excluding hydrogens is 306 g/mol. The minimum Gasteiger partial charge on any atom is -0.491 e. The number of amides is 1. The zero-order chi connectivity index (χ0) is 17.6. The van der Waals surface area contributed by atoms with E-state index in [-0.39, 0.29) is 0 Å². The minimum atomic E-state index is -0.497. The van der Waals surface area contributed by atoms with Crippen LogP contribution in [0.1, 0.15) is 31.9 Å². The predicted molar refractivity (Wildman–Crippen MR) is 92.2 cm³/mol. The van der Waals surface area contributed by atoms with Gasteiger partial charge in [0.15, 0.2) is 0 Å². The first-order valence-corrected chi connectivity index (χ1v) is 7.99. The van der Waals surface area contributed by atoms with Crippen molar-refractivity contribution in [3.8, 4) is 5.75 Å². The lowest BCUT2D eigenvalue weighted by Crippen LogP contribution is -2.34. The molecule has 0 radical (unpaired) electrons. The van der Waals surface area contributed by atoms with E-state index in [1.165, 1.54) is 5.56 Å². The average Bonchev–Trinajstić information content (AvgIpc) is 2.98. The van der Waals surface area contributed by atoms with Gasteiger partial charge in [0.1, 0.15) is 18.0 Å². The maximum Gasteiger partial charge on any atom is 0.407 e. The quantitative estimate of drug-likeness (QED) is 0.826. The summed E-state index contributed by atoms with van der Waals surface area (Å²) in [5, 5.41) is 2.68. The Morgan fingerprint density at radius 1 is 1.33 bits per heavy atom. The van der Waals surface area contributed by atoms with Gasteiger partial charge >= 0.3 is 6.09 Å². The number of hydrogen-bond donors (Lipinski definition) is 1. The normalized spacial score (nSPS) is 11.2. The number of nitrogens with zero attached hydrogens (tertiary/aromatic N) is 2. The van der Waals surface area contributed by atoms with Crippen LogP contribution < -0.4 is 10.1 Å². The molecule has 2 aromatic rings. The van der Waals surface area contributed by atoms with Crippen molar-refractivity contribution >= 4 is 6.09 Å². The van der Waals surface area contributed by atoms with Crippen molar-refractivity contribution in [3.63, 3.8) is 0 Å². The largest absolute Gasteiger partial charge is 0.491 e. The molecule has 1 heterocycles. The van der Waals surface area contributed by atoms with Crippen molar-refractivity contribution in [3.05, 3.63) is 48.0 Å². The number of benzene rings is 1. The van der Waals surface area contributed by atoms with Gasteiger partial charge in [0.25, 0.3) is 0 Å². The standard InChI is InChI=1S/C18H25N3O3/c1-14-15(12-21-10-8-19-13-21)6-5-7-16(14)23-11-9-20-17(22)24-18(2,3)4/h5-8,10,13H,9,11-12H2,1-4H3,(H,20,22). The molecule has 6 heteroatoms. The van der Waals surface area contributed by atoms with Crippen LogP contribution in [0.2, 0.25) is 0 Å². The number of nitrogens with one attached hydrogen (secondary N) is 1. The molecule has 0 saturated carbocycles. The van der Waals surface area contributed by atoms with Gasteiger partial charge in [-0.05, 0) is 44.9 Å². The van der Waals surface area contributed by atoms with E-state index in [9.17, 15) is 4.79 Å². The van der Waals surface area contributed by atoms with Crippen LogP contribution in [-0.4, -0.2) is 34.4 Å². The van der Waals surface area contributed by atoms with Crippen molar-refractivity contribution in [2.75, 3.05) is 13.2 Å². The van der Waals surface area contributed by atoms with Crippen LogP contribution in [0.5, 0.6) is 5.75 Å². The summed E-state index contributed by atoms with van der Waals surface area (Å²) in [5.41, 5.74) is 1.76. The van der Waals surface area contributed by atoms with Crippen LogP contribution in [-0.2, 0) is 11.3 Å². The highest BCUT2D eigenvalue weighted by atomic mass is 16.6. The van der Waals surface area contributed by atoms with Gasteiger partial charge in [0.05, 0.1) is 12.9 Å². The van der Waals surface area contributed by atoms with E-state index in [0.717, 1.165) is 17.9 Å². The lowest BCUT2D eigenvalue weighted by Gasteiger charge is -2.19. The Balaban J connectivity index is 1.84. The van der Waals surface area contributed by atoms with E-state index in [4.69, 9.17) is 9.47 Å². The summed E-state index contributed by atoms with van der Waals surface area (Å²) in [6.07, 6.45) is 5.05. The SMILES string of the molecule is Cc1c(Cn2ccnc2)cccc1OCCNC(=O)OC(C)(C)C. The summed E-state index contributed by atoms with van der Waals surface area (Å²) in [5.74, 6) is 0.818. The third-order valence-corrected chi connectivity index (χ3v) is 3.34. The summed E-state index contributed by atoms with van der Waals surface area (Å²) in [6, 6.07) is 5.97. The lowest BCUT2D eigenvalue weighted by atomic mass is 10.1. The molecule has 0 atom stereocenters. The summed E-state index contributed by atoms with van der Waals surface area (Å²) >= 11 is 0. The van der Waals surface area contributed by atoms with Gasteiger partial charge in [-0.1, -0.05) is 12.1 Å². The summed E-state index contributed by atoms with van der Waals surface area (Å²) in [4.78, 5) is 15.6. The van der Waals surface area contributed by atoms with Crippen molar-refractivity contribution in [2.45, 2.75) is 39.8 Å². The average molecular weight is 331 g/mol. The molecule has 0 spiro atoms. The molecule has 6 nitrogen and oxygen atoms in total. The van der Waals surface area contributed by atoms with Crippen LogP contribution >= 0.6 is 0 Å². The Hall–Kier alpha value is -2.50. The van der Waals surface area contributed by atoms with Crippen LogP contribution in [0.4, 0.5) is 4.79 Å². The van der Waals surface area contributed by atoms with Gasteiger partial charge in [-0.15, -0.1) is 0 Å². The highest BCUT2D eigenvalue weighted by Crippen LogP contribution is 2.22. The second kappa shape index (κ2) is 7.86. The Labute approximate surface area is 142 Å². The second-order valence-electron chi connectivity index (χ2n) is 6.55. The third-order valence-electron chi connectivity index (χ3n) is 3.34.